The van der Waals surface area contributed by atoms with Gasteiger partial charge in [0.15, 0.2) is 0 Å². The molecule has 0 aromatic heterocycles. The summed E-state index contributed by atoms with van der Waals surface area (Å²) in [5, 5.41) is 17.8. The molecular weight excluding hydrogens is 248 g/mol. The molecule has 0 bridgehead atoms. The number of aliphatic hydroxyl groups is 1. The number of nitrogens with two attached hydrogens (primary N) is 1. The average Bonchev–Trinajstić information content (AvgIpc) is 2.59. The topological polar surface area (TPSA) is 121 Å². The molecular formula is C9H14N2O5S. The van der Waals surface area contributed by atoms with Crippen LogP contribution in [0.2, 0.25) is 0 Å². The van der Waals surface area contributed by atoms with Crippen molar-refractivity contribution >= 4 is 29.5 Å². The van der Waals surface area contributed by atoms with Crippen LogP contribution >= 0.6 is 11.8 Å². The van der Waals surface area contributed by atoms with Gasteiger partial charge in [0.05, 0.1) is 17.6 Å². The largest absolute Gasteiger partial charge is 0.481 e. The molecule has 4 N–H and O–H groups in total. The Balaban J connectivity index is 2.49. The molecule has 0 spiro atoms. The minimum Gasteiger partial charge on any atom is -0.481 e. The summed E-state index contributed by atoms with van der Waals surface area (Å²) in [4.78, 5) is 34.2. The van der Waals surface area contributed by atoms with Crippen molar-refractivity contribution < 1.29 is 24.6 Å². The number of amides is 2. The molecule has 1 aliphatic heterocycles. The van der Waals surface area contributed by atoms with E-state index >= 15 is 0 Å². The Hall–Kier alpha value is -1.28. The number of aliphatic hydroxyl groups excluding tert-OH is 1. The number of carboxylic acid groups (broad SMARTS) is 1. The second kappa shape index (κ2) is 5.87. The van der Waals surface area contributed by atoms with E-state index in [9.17, 15) is 19.5 Å². The third-order valence-corrected chi connectivity index (χ3v) is 3.28. The molecule has 1 rings (SSSR count). The smallest absolute Gasteiger partial charge is 0.313 e. The number of aliphatic carboxylic acids is 1. The first-order valence-corrected chi connectivity index (χ1v) is 6.13. The number of β-amino-alcohol motifs (C(OH)–C–C–N with tert-alkyl or cyclic N) is 1. The van der Waals surface area contributed by atoms with Crippen molar-refractivity contribution in [2.45, 2.75) is 18.6 Å². The molecule has 1 heterocycles. The first kappa shape index (κ1) is 13.8. The Kier molecular flexibility index (Phi) is 4.76. The first-order chi connectivity index (χ1) is 7.91. The highest BCUT2D eigenvalue weighted by molar-refractivity contribution is 8.00. The van der Waals surface area contributed by atoms with Gasteiger partial charge in [-0.2, -0.15) is 0 Å². The van der Waals surface area contributed by atoms with E-state index in [1.807, 2.05) is 0 Å². The lowest BCUT2D eigenvalue weighted by atomic mass is 10.2. The summed E-state index contributed by atoms with van der Waals surface area (Å²) in [5.41, 5.74) is 5.12. The van der Waals surface area contributed by atoms with E-state index in [4.69, 9.17) is 10.8 Å². The summed E-state index contributed by atoms with van der Waals surface area (Å²) in [5.74, 6) is -2.25. The van der Waals surface area contributed by atoms with Crippen LogP contribution in [0.15, 0.2) is 0 Å². The van der Waals surface area contributed by atoms with Crippen LogP contribution in [-0.2, 0) is 14.4 Å². The van der Waals surface area contributed by atoms with E-state index in [-0.39, 0.29) is 30.4 Å². The molecule has 1 aliphatic rings. The lowest BCUT2D eigenvalue weighted by Gasteiger charge is -2.21. The zero-order chi connectivity index (χ0) is 13.0. The second-order valence-electron chi connectivity index (χ2n) is 3.74. The Labute approximate surface area is 102 Å². The van der Waals surface area contributed by atoms with Gasteiger partial charge < -0.3 is 20.8 Å². The van der Waals surface area contributed by atoms with Gasteiger partial charge in [0.25, 0.3) is 0 Å². The van der Waals surface area contributed by atoms with Crippen molar-refractivity contribution in [1.82, 2.24) is 4.90 Å². The molecule has 7 nitrogen and oxygen atoms in total. The number of rotatable bonds is 5. The summed E-state index contributed by atoms with van der Waals surface area (Å²) in [6.45, 7) is 0.0695. The van der Waals surface area contributed by atoms with Gasteiger partial charge in [-0.05, 0) is 0 Å². The van der Waals surface area contributed by atoms with E-state index in [1.165, 1.54) is 4.90 Å². The fourth-order valence-electron chi connectivity index (χ4n) is 1.67. The van der Waals surface area contributed by atoms with Crippen molar-refractivity contribution in [1.29, 1.82) is 0 Å². The maximum Gasteiger partial charge on any atom is 0.313 e. The highest BCUT2D eigenvalue weighted by Gasteiger charge is 2.37. The van der Waals surface area contributed by atoms with Gasteiger partial charge in [-0.3, -0.25) is 14.4 Å². The molecule has 1 fully saturated rings. The Morgan fingerprint density at radius 3 is 2.53 bits per heavy atom. The zero-order valence-electron chi connectivity index (χ0n) is 9.04. The molecule has 0 aromatic rings. The Bertz CT molecular complexity index is 335. The van der Waals surface area contributed by atoms with Crippen molar-refractivity contribution in [2.24, 2.45) is 5.73 Å². The standard InChI is InChI=1S/C9H14N2O5S/c10-9(16)6-1-5(12)2-11(6)7(13)3-17-4-8(14)15/h5-6,12H,1-4H2,(H2,10,16)(H,14,15). The minimum absolute atomic E-state index is 0.0389. The number of nitrogens with zero attached hydrogens (tertiary/aromatic N) is 1. The molecule has 0 radical (unpaired) electrons. The molecule has 0 saturated carbocycles. The monoisotopic (exact) mass is 262 g/mol. The predicted octanol–water partition coefficient (Wildman–Crippen LogP) is -1.75. The Morgan fingerprint density at radius 2 is 2.00 bits per heavy atom. The number of carbonyl (C=O) groups is 3. The van der Waals surface area contributed by atoms with Gasteiger partial charge in [-0.15, -0.1) is 11.8 Å². The molecule has 96 valence electrons. The van der Waals surface area contributed by atoms with Crippen LogP contribution in [-0.4, -0.2) is 63.1 Å². The number of likely N-dealkylation sites (tertiary alicyclic amines) is 1. The van der Waals surface area contributed by atoms with Crippen LogP contribution in [0.3, 0.4) is 0 Å². The van der Waals surface area contributed by atoms with E-state index < -0.39 is 24.0 Å². The van der Waals surface area contributed by atoms with Crippen molar-refractivity contribution in [3.63, 3.8) is 0 Å². The normalized spacial score (nSPS) is 23.7. The molecule has 1 saturated heterocycles. The van der Waals surface area contributed by atoms with Crippen molar-refractivity contribution in [3.8, 4) is 0 Å². The third-order valence-electron chi connectivity index (χ3n) is 2.38. The van der Waals surface area contributed by atoms with Crippen LogP contribution in [0.1, 0.15) is 6.42 Å². The molecule has 0 aromatic carbocycles. The van der Waals surface area contributed by atoms with Crippen molar-refractivity contribution in [3.05, 3.63) is 0 Å². The minimum atomic E-state index is -1.00. The number of primary amides is 1. The van der Waals surface area contributed by atoms with E-state index in [0.717, 1.165) is 11.8 Å². The average molecular weight is 262 g/mol. The summed E-state index contributed by atoms with van der Waals surface area (Å²) in [7, 11) is 0. The van der Waals surface area contributed by atoms with Gasteiger partial charge in [-0.1, -0.05) is 0 Å². The van der Waals surface area contributed by atoms with Gasteiger partial charge in [0.1, 0.15) is 6.04 Å². The summed E-state index contributed by atoms with van der Waals surface area (Å²) < 4.78 is 0. The van der Waals surface area contributed by atoms with Crippen LogP contribution < -0.4 is 5.73 Å². The third kappa shape index (κ3) is 3.90. The molecule has 0 aliphatic carbocycles. The van der Waals surface area contributed by atoms with Gasteiger partial charge in [0, 0.05) is 13.0 Å². The maximum absolute atomic E-state index is 11.7. The summed E-state index contributed by atoms with van der Waals surface area (Å²) >= 11 is 0.947. The molecule has 17 heavy (non-hydrogen) atoms. The van der Waals surface area contributed by atoms with Crippen LogP contribution in [0.4, 0.5) is 0 Å². The molecule has 2 unspecified atom stereocenters. The predicted molar refractivity (Wildman–Crippen MR) is 60.3 cm³/mol. The molecule has 8 heteroatoms. The Morgan fingerprint density at radius 1 is 1.35 bits per heavy atom. The van der Waals surface area contributed by atoms with Crippen LogP contribution in [0.5, 0.6) is 0 Å². The second-order valence-corrected chi connectivity index (χ2v) is 4.73. The molecule has 2 amide bonds. The van der Waals surface area contributed by atoms with Gasteiger partial charge >= 0.3 is 5.97 Å². The summed E-state index contributed by atoms with van der Waals surface area (Å²) in [6.07, 6.45) is -0.606. The number of thioether (sulfide) groups is 1. The SMILES string of the molecule is NC(=O)C1CC(O)CN1C(=O)CSCC(=O)O. The van der Waals surface area contributed by atoms with E-state index in [1.54, 1.807) is 0 Å². The van der Waals surface area contributed by atoms with Crippen molar-refractivity contribution in [2.75, 3.05) is 18.1 Å². The van der Waals surface area contributed by atoms with Crippen LogP contribution in [0.25, 0.3) is 0 Å². The fraction of sp³-hybridized carbons (Fsp3) is 0.667. The zero-order valence-corrected chi connectivity index (χ0v) is 9.85. The lowest BCUT2D eigenvalue weighted by Crippen LogP contribution is -2.44. The number of carbonyl (C=O) groups excluding carboxylic acids is 2. The quantitative estimate of drug-likeness (QED) is 0.540. The summed E-state index contributed by atoms with van der Waals surface area (Å²) in [6, 6.07) is -0.789. The first-order valence-electron chi connectivity index (χ1n) is 4.98. The maximum atomic E-state index is 11.7. The highest BCUT2D eigenvalue weighted by Crippen LogP contribution is 2.19. The highest BCUT2D eigenvalue weighted by atomic mass is 32.2. The van der Waals surface area contributed by atoms with Crippen LogP contribution in [0, 0.1) is 0 Å². The number of hydrogen-bond donors (Lipinski definition) is 3. The number of carboxylic acids is 1. The van der Waals surface area contributed by atoms with Gasteiger partial charge in [0.2, 0.25) is 11.8 Å². The van der Waals surface area contributed by atoms with Gasteiger partial charge in [-0.25, -0.2) is 0 Å². The lowest BCUT2D eigenvalue weighted by molar-refractivity contribution is -0.135. The molecule has 2 atom stereocenters. The fourth-order valence-corrected chi connectivity index (χ4v) is 2.28. The van der Waals surface area contributed by atoms with E-state index in [0.29, 0.717) is 0 Å². The van der Waals surface area contributed by atoms with E-state index in [2.05, 4.69) is 0 Å². The number of hydrogen-bond acceptors (Lipinski definition) is 5.